The van der Waals surface area contributed by atoms with Crippen LogP contribution in [-0.4, -0.2) is 123 Å². The highest BCUT2D eigenvalue weighted by atomic mass is 35.5. The SMILES string of the molecule is CCc1cc(Nc2ncc(Cl)c(Nc3cccc(OC)c3CS(N)(=O)=O)n2)c(OC)cc1N1CCC(N2CCN(CCc3ccc4c(c3)C(=O)N(C3CCC(=O)NC3=O)C4)CC2)CC1. The van der Waals surface area contributed by atoms with E-state index < -0.39 is 21.8 Å². The minimum atomic E-state index is -3.88. The number of piperidine rings is 2. The molecule has 1 aromatic heterocycles. The first-order valence-corrected chi connectivity index (χ1v) is 23.8. The highest BCUT2D eigenvalue weighted by Gasteiger charge is 2.39. The number of carbonyl (C=O) groups is 3. The van der Waals surface area contributed by atoms with Crippen LogP contribution in [-0.2, 0) is 44.8 Å². The largest absolute Gasteiger partial charge is 0.496 e. The summed E-state index contributed by atoms with van der Waals surface area (Å²) >= 11 is 6.52. The summed E-state index contributed by atoms with van der Waals surface area (Å²) in [5.41, 5.74) is 6.48. The van der Waals surface area contributed by atoms with E-state index in [4.69, 9.17) is 26.2 Å². The molecule has 0 aliphatic carbocycles. The van der Waals surface area contributed by atoms with Gasteiger partial charge in [0.05, 0.1) is 31.9 Å². The van der Waals surface area contributed by atoms with Gasteiger partial charge >= 0.3 is 0 Å². The van der Waals surface area contributed by atoms with Crippen molar-refractivity contribution in [3.8, 4) is 11.5 Å². The number of amides is 3. The molecule has 0 radical (unpaired) electrons. The number of halogens is 1. The van der Waals surface area contributed by atoms with E-state index in [1.54, 1.807) is 30.2 Å². The predicted octanol–water partition coefficient (Wildman–Crippen LogP) is 4.58. The van der Waals surface area contributed by atoms with Gasteiger partial charge < -0.3 is 34.8 Å². The number of methoxy groups -OCH3 is 2. The number of sulfonamides is 1. The Morgan fingerprint density at radius 1 is 0.922 bits per heavy atom. The Morgan fingerprint density at radius 3 is 2.39 bits per heavy atom. The number of fused-ring (bicyclic) bond motifs is 1. The number of hydrogen-bond acceptors (Lipinski definition) is 14. The molecule has 3 amide bonds. The van der Waals surface area contributed by atoms with Crippen molar-refractivity contribution < 1.29 is 32.3 Å². The van der Waals surface area contributed by atoms with Gasteiger partial charge in [-0.3, -0.25) is 24.6 Å². The Kier molecular flexibility index (Phi) is 13.6. The molecular weight excluding hydrogens is 860 g/mol. The van der Waals surface area contributed by atoms with Crippen LogP contribution >= 0.6 is 11.6 Å². The number of nitrogens with zero attached hydrogens (tertiary/aromatic N) is 6. The first-order valence-electron chi connectivity index (χ1n) is 21.7. The zero-order valence-corrected chi connectivity index (χ0v) is 37.9. The normalized spacial score (nSPS) is 18.8. The fourth-order valence-electron chi connectivity index (χ4n) is 9.31. The van der Waals surface area contributed by atoms with Gasteiger partial charge in [-0.25, -0.2) is 18.5 Å². The molecule has 3 fully saturated rings. The van der Waals surface area contributed by atoms with Crippen LogP contribution in [0.1, 0.15) is 65.2 Å². The van der Waals surface area contributed by atoms with Gasteiger partial charge in [0.25, 0.3) is 5.91 Å². The molecule has 1 atom stereocenters. The van der Waals surface area contributed by atoms with Gasteiger partial charge in [0.2, 0.25) is 27.8 Å². The Balaban J connectivity index is 0.844. The number of anilines is 5. The monoisotopic (exact) mass is 914 g/mol. The zero-order valence-electron chi connectivity index (χ0n) is 36.4. The van der Waals surface area contributed by atoms with Crippen molar-refractivity contribution >= 4 is 68.2 Å². The van der Waals surface area contributed by atoms with Gasteiger partial charge in [-0.15, -0.1) is 0 Å². The lowest BCUT2D eigenvalue weighted by Gasteiger charge is -2.43. The maximum Gasteiger partial charge on any atom is 0.255 e. The number of aryl methyl sites for hydroxylation is 1. The number of rotatable bonds is 15. The molecule has 8 rings (SSSR count). The summed E-state index contributed by atoms with van der Waals surface area (Å²) in [5.74, 6) is 0.261. The third-order valence-corrected chi connectivity index (χ3v) is 13.7. The first-order chi connectivity index (χ1) is 30.8. The van der Waals surface area contributed by atoms with Crippen LogP contribution in [0.15, 0.2) is 54.7 Å². The smallest absolute Gasteiger partial charge is 0.255 e. The molecule has 0 bridgehead atoms. The topological polar surface area (TPSA) is 205 Å². The number of benzene rings is 3. The van der Waals surface area contributed by atoms with Gasteiger partial charge in [-0.1, -0.05) is 36.7 Å². The van der Waals surface area contributed by atoms with Crippen molar-refractivity contribution in [1.29, 1.82) is 0 Å². The Hall–Kier alpha value is -5.53. The second-order valence-electron chi connectivity index (χ2n) is 16.7. The average molecular weight is 916 g/mol. The standard InChI is InChI=1S/C45H55ClN10O7S/c1-4-29-23-36(50-45-48-25-34(46)42(52-45)49-35-6-5-7-39(62-2)33(35)27-64(47,60)61)40(63-3)24-38(29)55-16-13-31(14-17-55)54-20-18-53(19-21-54)15-12-28-8-9-30-26-56(44(59)32(30)22-28)37-10-11-41(57)51-43(37)58/h5-9,22-25,31,37H,4,10-21,26-27H2,1-3H3,(H2,47,60,61)(H,51,57,58)(H2,48,49,50,52). The Labute approximate surface area is 378 Å². The number of ether oxygens (including phenoxy) is 2. The summed E-state index contributed by atoms with van der Waals surface area (Å²) in [5, 5.41) is 14.4. The van der Waals surface area contributed by atoms with Crippen molar-refractivity contribution in [3.63, 3.8) is 0 Å². The molecule has 0 saturated carbocycles. The molecule has 19 heteroatoms. The first kappa shape index (κ1) is 45.1. The van der Waals surface area contributed by atoms with Gasteiger partial charge in [-0.2, -0.15) is 4.98 Å². The summed E-state index contributed by atoms with van der Waals surface area (Å²) in [6.45, 7) is 9.33. The maximum absolute atomic E-state index is 13.3. The minimum Gasteiger partial charge on any atom is -0.496 e. The van der Waals surface area contributed by atoms with E-state index in [-0.39, 0.29) is 40.9 Å². The second kappa shape index (κ2) is 19.3. The number of imide groups is 1. The van der Waals surface area contributed by atoms with Gasteiger partial charge in [0.15, 0.2) is 5.82 Å². The molecule has 17 nitrogen and oxygen atoms in total. The van der Waals surface area contributed by atoms with Crippen LogP contribution in [0.4, 0.5) is 28.8 Å². The fourth-order valence-corrected chi connectivity index (χ4v) is 10.2. The van der Waals surface area contributed by atoms with E-state index in [0.29, 0.717) is 53.0 Å². The maximum atomic E-state index is 13.3. The number of carbonyl (C=O) groups excluding carboxylic acids is 3. The minimum absolute atomic E-state index is 0.132. The molecule has 4 aromatic rings. The summed E-state index contributed by atoms with van der Waals surface area (Å²) in [6.07, 6.45) is 5.84. The highest BCUT2D eigenvalue weighted by Crippen LogP contribution is 2.38. The number of primary sulfonamides is 1. The van der Waals surface area contributed by atoms with Crippen LogP contribution in [0.5, 0.6) is 11.5 Å². The predicted molar refractivity (Wildman–Crippen MR) is 245 cm³/mol. The number of aromatic nitrogens is 2. The number of piperazine rings is 1. The fraction of sp³-hybridized carbons (Fsp3) is 0.444. The van der Waals surface area contributed by atoms with Crippen LogP contribution in [0, 0.1) is 0 Å². The summed E-state index contributed by atoms with van der Waals surface area (Å²) in [7, 11) is -0.783. The van der Waals surface area contributed by atoms with E-state index in [9.17, 15) is 22.8 Å². The van der Waals surface area contributed by atoms with Crippen molar-refractivity contribution in [2.24, 2.45) is 5.14 Å². The van der Waals surface area contributed by atoms with Crippen molar-refractivity contribution in [3.05, 3.63) is 87.6 Å². The number of hydrogen-bond donors (Lipinski definition) is 4. The number of nitrogens with two attached hydrogens (primary N) is 1. The van der Waals surface area contributed by atoms with Gasteiger partial charge in [0, 0.05) is 93.4 Å². The summed E-state index contributed by atoms with van der Waals surface area (Å²) in [6, 6.07) is 15.2. The Bertz CT molecular complexity index is 2530. The third-order valence-electron chi connectivity index (χ3n) is 12.8. The van der Waals surface area contributed by atoms with E-state index in [0.717, 1.165) is 93.9 Å². The van der Waals surface area contributed by atoms with Crippen LogP contribution in [0.2, 0.25) is 5.02 Å². The molecule has 4 aliphatic rings. The van der Waals surface area contributed by atoms with Crippen molar-refractivity contribution in [1.82, 2.24) is 30.0 Å². The van der Waals surface area contributed by atoms with Crippen LogP contribution in [0.25, 0.3) is 0 Å². The lowest BCUT2D eigenvalue weighted by Crippen LogP contribution is -2.53. The zero-order chi connectivity index (χ0) is 45.1. The van der Waals surface area contributed by atoms with E-state index in [1.165, 1.54) is 13.3 Å². The van der Waals surface area contributed by atoms with Crippen LogP contribution in [0.3, 0.4) is 0 Å². The Morgan fingerprint density at radius 2 is 1.69 bits per heavy atom. The van der Waals surface area contributed by atoms with E-state index in [1.807, 2.05) is 12.1 Å². The second-order valence-corrected chi connectivity index (χ2v) is 18.7. The molecule has 4 aliphatic heterocycles. The lowest BCUT2D eigenvalue weighted by molar-refractivity contribution is -0.136. The third kappa shape index (κ3) is 10.1. The number of nitrogens with one attached hydrogen (secondary N) is 3. The van der Waals surface area contributed by atoms with E-state index in [2.05, 4.69) is 65.7 Å². The lowest BCUT2D eigenvalue weighted by atomic mass is 9.99. The molecule has 64 heavy (non-hydrogen) atoms. The molecule has 3 aromatic carbocycles. The molecule has 3 saturated heterocycles. The average Bonchev–Trinajstić information content (AvgIpc) is 3.61. The van der Waals surface area contributed by atoms with Crippen molar-refractivity contribution in [2.75, 3.05) is 75.6 Å². The van der Waals surface area contributed by atoms with Crippen LogP contribution < -0.4 is 35.5 Å². The quantitative estimate of drug-likeness (QED) is 0.121. The summed E-state index contributed by atoms with van der Waals surface area (Å²) < 4.78 is 35.4. The molecule has 5 N–H and O–H groups in total. The molecular formula is C45H55ClN10O7S. The molecule has 340 valence electrons. The molecule has 5 heterocycles. The van der Waals surface area contributed by atoms with E-state index >= 15 is 0 Å². The molecule has 0 spiro atoms. The van der Waals surface area contributed by atoms with Gasteiger partial charge in [-0.05, 0) is 73.1 Å². The molecule has 1 unspecified atom stereocenters. The van der Waals surface area contributed by atoms with Crippen molar-refractivity contribution in [2.45, 2.75) is 69.8 Å². The summed E-state index contributed by atoms with van der Waals surface area (Å²) in [4.78, 5) is 55.7. The van der Waals surface area contributed by atoms with Gasteiger partial charge in [0.1, 0.15) is 22.6 Å². The highest BCUT2D eigenvalue weighted by molar-refractivity contribution is 7.88.